The summed E-state index contributed by atoms with van der Waals surface area (Å²) in [5, 5.41) is 8.77. The number of pyridine rings is 1. The molecule has 2 aromatic carbocycles. The lowest BCUT2D eigenvalue weighted by Crippen LogP contribution is -2.50. The van der Waals surface area contributed by atoms with Gasteiger partial charge in [-0.15, -0.1) is 0 Å². The average Bonchev–Trinajstić information content (AvgIpc) is 2.87. The fourth-order valence-corrected chi connectivity index (χ4v) is 3.28. The fourth-order valence-electron chi connectivity index (χ4n) is 3.28. The Morgan fingerprint density at radius 3 is 2.50 bits per heavy atom. The Morgan fingerprint density at radius 1 is 1.00 bits per heavy atom. The molecule has 2 amide bonds. The molecule has 0 aliphatic carbocycles. The number of carbonyl (C=O) groups is 2. The number of nitrogens with one attached hydrogen (secondary N) is 3. The third kappa shape index (κ3) is 7.60. The maximum atomic E-state index is 12.9. The van der Waals surface area contributed by atoms with Crippen LogP contribution in [0.15, 0.2) is 72.9 Å². The van der Waals surface area contributed by atoms with Gasteiger partial charge in [-0.25, -0.2) is 4.98 Å². The predicted octanol–water partition coefficient (Wildman–Crippen LogP) is 2.94. The van der Waals surface area contributed by atoms with Crippen molar-refractivity contribution < 1.29 is 19.1 Å². The number of hydrogen-bond acceptors (Lipinski definition) is 6. The minimum Gasteiger partial charge on any atom is -0.496 e. The largest absolute Gasteiger partial charge is 0.496 e. The molecule has 0 unspecified atom stereocenters. The maximum absolute atomic E-state index is 12.9. The Hall–Kier alpha value is -3.91. The molecule has 0 spiro atoms. The molecule has 8 nitrogen and oxygen atoms in total. The Balaban J connectivity index is 1.58. The molecular weight excluding hydrogens is 432 g/mol. The molecule has 1 atom stereocenters. The lowest BCUT2D eigenvalue weighted by Gasteiger charge is -2.19. The summed E-state index contributed by atoms with van der Waals surface area (Å²) in [6.07, 6.45) is 1.69. The molecule has 0 aliphatic heterocycles. The number of aromatic nitrogens is 1. The number of carbonyl (C=O) groups excluding carboxylic acids is 2. The molecule has 1 aromatic heterocycles. The number of aryl methyl sites for hydroxylation is 1. The molecule has 178 valence electrons. The SMILES string of the molecule is COc1ccc(C(=O)N[C@H](COCc2ccccc2)C(=O)NCCNc2ccccn2)cc1C. The second-order valence-corrected chi connectivity index (χ2v) is 7.64. The number of ether oxygens (including phenoxy) is 2. The van der Waals surface area contributed by atoms with Crippen LogP contribution < -0.4 is 20.7 Å². The molecule has 0 bridgehead atoms. The summed E-state index contributed by atoms with van der Waals surface area (Å²) in [5.41, 5.74) is 2.26. The number of hydrogen-bond donors (Lipinski definition) is 3. The van der Waals surface area contributed by atoms with E-state index in [-0.39, 0.29) is 18.4 Å². The highest BCUT2D eigenvalue weighted by Gasteiger charge is 2.22. The zero-order valence-electron chi connectivity index (χ0n) is 19.4. The normalized spacial score (nSPS) is 11.4. The summed E-state index contributed by atoms with van der Waals surface area (Å²) >= 11 is 0. The van der Waals surface area contributed by atoms with Crippen LogP contribution in [0, 0.1) is 6.92 Å². The van der Waals surface area contributed by atoms with E-state index in [0.717, 1.165) is 16.9 Å². The second-order valence-electron chi connectivity index (χ2n) is 7.64. The fraction of sp³-hybridized carbons (Fsp3) is 0.269. The van der Waals surface area contributed by atoms with E-state index in [2.05, 4.69) is 20.9 Å². The van der Waals surface area contributed by atoms with Gasteiger partial charge in [0.1, 0.15) is 17.6 Å². The third-order valence-electron chi connectivity index (χ3n) is 5.07. The summed E-state index contributed by atoms with van der Waals surface area (Å²) in [5.74, 6) is 0.732. The average molecular weight is 463 g/mol. The Morgan fingerprint density at radius 2 is 1.79 bits per heavy atom. The Kier molecular flexibility index (Phi) is 9.42. The van der Waals surface area contributed by atoms with E-state index >= 15 is 0 Å². The summed E-state index contributed by atoms with van der Waals surface area (Å²) in [4.78, 5) is 29.9. The van der Waals surface area contributed by atoms with E-state index in [1.54, 1.807) is 31.5 Å². The van der Waals surface area contributed by atoms with Crippen LogP contribution in [0.4, 0.5) is 5.82 Å². The maximum Gasteiger partial charge on any atom is 0.252 e. The second kappa shape index (κ2) is 13.0. The van der Waals surface area contributed by atoms with Crippen LogP contribution >= 0.6 is 0 Å². The van der Waals surface area contributed by atoms with Gasteiger partial charge >= 0.3 is 0 Å². The number of methoxy groups -OCH3 is 1. The minimum atomic E-state index is -0.853. The summed E-state index contributed by atoms with van der Waals surface area (Å²) in [6, 6.07) is 19.5. The van der Waals surface area contributed by atoms with E-state index in [1.807, 2.05) is 55.5 Å². The summed E-state index contributed by atoms with van der Waals surface area (Å²) < 4.78 is 11.0. The third-order valence-corrected chi connectivity index (χ3v) is 5.07. The highest BCUT2D eigenvalue weighted by Crippen LogP contribution is 2.18. The topological polar surface area (TPSA) is 102 Å². The van der Waals surface area contributed by atoms with Crippen LogP contribution in [-0.2, 0) is 16.1 Å². The highest BCUT2D eigenvalue weighted by atomic mass is 16.5. The van der Waals surface area contributed by atoms with Crippen molar-refractivity contribution in [2.45, 2.75) is 19.6 Å². The number of amides is 2. The van der Waals surface area contributed by atoms with Crippen LogP contribution in [-0.4, -0.2) is 49.6 Å². The molecule has 8 heteroatoms. The lowest BCUT2D eigenvalue weighted by molar-refractivity contribution is -0.124. The van der Waals surface area contributed by atoms with Crippen molar-refractivity contribution in [3.63, 3.8) is 0 Å². The van der Waals surface area contributed by atoms with Crippen molar-refractivity contribution >= 4 is 17.6 Å². The van der Waals surface area contributed by atoms with Crippen LogP contribution in [0.25, 0.3) is 0 Å². The standard InChI is InChI=1S/C26H30N4O4/c1-19-16-21(11-12-23(19)33-2)25(31)30-22(18-34-17-20-8-4-3-5-9-20)26(32)29-15-14-28-24-10-6-7-13-27-24/h3-13,16,22H,14-15,17-18H2,1-2H3,(H,27,28)(H,29,32)(H,30,31)/t22-/m1/s1. The zero-order chi connectivity index (χ0) is 24.2. The quantitative estimate of drug-likeness (QED) is 0.358. The molecule has 1 heterocycles. The summed E-state index contributed by atoms with van der Waals surface area (Å²) in [7, 11) is 1.58. The molecule has 0 fully saturated rings. The molecule has 3 rings (SSSR count). The van der Waals surface area contributed by atoms with E-state index in [1.165, 1.54) is 0 Å². The number of rotatable bonds is 12. The highest BCUT2D eigenvalue weighted by molar-refractivity contribution is 5.97. The van der Waals surface area contributed by atoms with Crippen molar-refractivity contribution in [3.8, 4) is 5.75 Å². The first-order chi connectivity index (χ1) is 16.6. The van der Waals surface area contributed by atoms with Crippen molar-refractivity contribution in [1.29, 1.82) is 0 Å². The van der Waals surface area contributed by atoms with Crippen LogP contribution in [0.5, 0.6) is 5.75 Å². The van der Waals surface area contributed by atoms with Gasteiger partial charge in [0.25, 0.3) is 5.91 Å². The van der Waals surface area contributed by atoms with Gasteiger partial charge in [0.05, 0.1) is 20.3 Å². The first kappa shape index (κ1) is 24.7. The molecule has 0 saturated carbocycles. The molecule has 3 N–H and O–H groups in total. The van der Waals surface area contributed by atoms with Crippen LogP contribution in [0.1, 0.15) is 21.5 Å². The van der Waals surface area contributed by atoms with Gasteiger partial charge in [-0.1, -0.05) is 36.4 Å². The first-order valence-corrected chi connectivity index (χ1v) is 11.1. The lowest BCUT2D eigenvalue weighted by atomic mass is 10.1. The molecule has 0 saturated heterocycles. The van der Waals surface area contributed by atoms with Gasteiger partial charge in [-0.05, 0) is 48.4 Å². The van der Waals surface area contributed by atoms with Crippen LogP contribution in [0.3, 0.4) is 0 Å². The molecule has 0 radical (unpaired) electrons. The predicted molar refractivity (Wildman–Crippen MR) is 131 cm³/mol. The van der Waals surface area contributed by atoms with Gasteiger partial charge in [-0.3, -0.25) is 9.59 Å². The van der Waals surface area contributed by atoms with Gasteiger partial charge in [0.2, 0.25) is 5.91 Å². The monoisotopic (exact) mass is 462 g/mol. The van der Waals surface area contributed by atoms with Crippen molar-refractivity contribution in [3.05, 3.63) is 89.6 Å². The van der Waals surface area contributed by atoms with Gasteiger partial charge < -0.3 is 25.4 Å². The van der Waals surface area contributed by atoms with Gasteiger partial charge in [-0.2, -0.15) is 0 Å². The van der Waals surface area contributed by atoms with Crippen molar-refractivity contribution in [2.75, 3.05) is 32.1 Å². The van der Waals surface area contributed by atoms with Crippen LogP contribution in [0.2, 0.25) is 0 Å². The van der Waals surface area contributed by atoms with Gasteiger partial charge in [0.15, 0.2) is 0 Å². The zero-order valence-corrected chi connectivity index (χ0v) is 19.4. The number of nitrogens with zero attached hydrogens (tertiary/aromatic N) is 1. The molecule has 0 aliphatic rings. The molecule has 3 aromatic rings. The van der Waals surface area contributed by atoms with Crippen molar-refractivity contribution in [1.82, 2.24) is 15.6 Å². The smallest absolute Gasteiger partial charge is 0.252 e. The van der Waals surface area contributed by atoms with E-state index in [9.17, 15) is 9.59 Å². The molecule has 34 heavy (non-hydrogen) atoms. The van der Waals surface area contributed by atoms with Crippen molar-refractivity contribution in [2.24, 2.45) is 0 Å². The Bertz CT molecular complexity index is 1060. The van der Waals surface area contributed by atoms with E-state index in [0.29, 0.717) is 31.0 Å². The first-order valence-electron chi connectivity index (χ1n) is 11.1. The minimum absolute atomic E-state index is 0.0370. The Labute approximate surface area is 199 Å². The summed E-state index contributed by atoms with van der Waals surface area (Å²) in [6.45, 7) is 3.09. The van der Waals surface area contributed by atoms with E-state index < -0.39 is 6.04 Å². The molecular formula is C26H30N4O4. The number of anilines is 1. The van der Waals surface area contributed by atoms with Gasteiger partial charge in [0, 0.05) is 24.8 Å². The number of benzene rings is 2. The van der Waals surface area contributed by atoms with E-state index in [4.69, 9.17) is 9.47 Å².